The topological polar surface area (TPSA) is 17.1 Å². The normalized spacial score (nSPS) is 10.6. The van der Waals surface area contributed by atoms with Crippen molar-refractivity contribution >= 4 is 50.3 Å². The lowest BCUT2D eigenvalue weighted by atomic mass is 10.2. The van der Waals surface area contributed by atoms with Gasteiger partial charge in [0.25, 0.3) is 0 Å². The molecule has 0 saturated heterocycles. The molecule has 1 aromatic heterocycles. The fourth-order valence-electron chi connectivity index (χ4n) is 1.24. The molecular formula is C10H7IOS. The highest BCUT2D eigenvalue weighted by atomic mass is 127. The Balaban J connectivity index is 2.77. The molecule has 66 valence electrons. The minimum Gasteiger partial charge on any atom is -0.297 e. The molecule has 13 heavy (non-hydrogen) atoms. The SMILES string of the molecule is Cc1cc2sc(C=O)cc2cc1I. The second-order valence-corrected chi connectivity index (χ2v) is 5.18. The molecule has 0 amide bonds. The molecule has 0 N–H and O–H groups in total. The Morgan fingerprint density at radius 2 is 2.15 bits per heavy atom. The largest absolute Gasteiger partial charge is 0.297 e. The number of hydrogen-bond acceptors (Lipinski definition) is 2. The third kappa shape index (κ3) is 1.62. The molecule has 1 nitrogen and oxygen atoms in total. The predicted molar refractivity (Wildman–Crippen MR) is 64.7 cm³/mol. The van der Waals surface area contributed by atoms with Crippen LogP contribution >= 0.6 is 33.9 Å². The molecular weight excluding hydrogens is 295 g/mol. The second-order valence-electron chi connectivity index (χ2n) is 2.91. The van der Waals surface area contributed by atoms with E-state index in [9.17, 15) is 4.79 Å². The van der Waals surface area contributed by atoms with Crippen LogP contribution in [0.3, 0.4) is 0 Å². The van der Waals surface area contributed by atoms with Gasteiger partial charge in [-0.3, -0.25) is 4.79 Å². The number of halogens is 1. The van der Waals surface area contributed by atoms with Gasteiger partial charge in [-0.2, -0.15) is 0 Å². The molecule has 0 unspecified atom stereocenters. The van der Waals surface area contributed by atoms with Crippen LogP contribution in [0.1, 0.15) is 15.2 Å². The van der Waals surface area contributed by atoms with E-state index in [-0.39, 0.29) is 0 Å². The van der Waals surface area contributed by atoms with Gasteiger partial charge in [-0.05, 0) is 58.7 Å². The van der Waals surface area contributed by atoms with E-state index < -0.39 is 0 Å². The first-order valence-corrected chi connectivity index (χ1v) is 5.75. The van der Waals surface area contributed by atoms with Crippen molar-refractivity contribution in [3.05, 3.63) is 32.2 Å². The summed E-state index contributed by atoms with van der Waals surface area (Å²) in [6.45, 7) is 2.08. The van der Waals surface area contributed by atoms with E-state index in [4.69, 9.17) is 0 Å². The quantitative estimate of drug-likeness (QED) is 0.581. The van der Waals surface area contributed by atoms with Gasteiger partial charge in [0.05, 0.1) is 4.88 Å². The number of rotatable bonds is 1. The molecule has 0 bridgehead atoms. The number of hydrogen-bond donors (Lipinski definition) is 0. The predicted octanol–water partition coefficient (Wildman–Crippen LogP) is 3.63. The Morgan fingerprint density at radius 3 is 2.85 bits per heavy atom. The molecule has 0 radical (unpaired) electrons. The molecule has 3 heteroatoms. The summed E-state index contributed by atoms with van der Waals surface area (Å²) in [6.07, 6.45) is 0.910. The summed E-state index contributed by atoms with van der Waals surface area (Å²) in [6, 6.07) is 6.19. The van der Waals surface area contributed by atoms with E-state index in [1.54, 1.807) is 11.3 Å². The van der Waals surface area contributed by atoms with Crippen LogP contribution < -0.4 is 0 Å². The lowest BCUT2D eigenvalue weighted by Crippen LogP contribution is -1.76. The summed E-state index contributed by atoms with van der Waals surface area (Å²) in [5.41, 5.74) is 1.27. The molecule has 2 rings (SSSR count). The monoisotopic (exact) mass is 302 g/mol. The standard InChI is InChI=1S/C10H7IOS/c1-6-2-10-7(4-9(6)11)3-8(5-12)13-10/h2-5H,1H3. The molecule has 0 aliphatic heterocycles. The minimum absolute atomic E-state index is 0.802. The van der Waals surface area contributed by atoms with Crippen molar-refractivity contribution in [2.75, 3.05) is 0 Å². The number of thiophene rings is 1. The number of carbonyl (C=O) groups is 1. The Bertz CT molecular complexity index is 434. The van der Waals surface area contributed by atoms with Crippen molar-refractivity contribution in [1.29, 1.82) is 0 Å². The zero-order valence-corrected chi connectivity index (χ0v) is 9.98. The fourth-order valence-corrected chi connectivity index (χ4v) is 2.69. The van der Waals surface area contributed by atoms with E-state index in [1.807, 2.05) is 6.07 Å². The van der Waals surface area contributed by atoms with Gasteiger partial charge in [-0.15, -0.1) is 11.3 Å². The number of benzene rings is 1. The maximum absolute atomic E-state index is 10.6. The van der Waals surface area contributed by atoms with E-state index in [0.29, 0.717) is 0 Å². The highest BCUT2D eigenvalue weighted by Crippen LogP contribution is 2.28. The average molecular weight is 302 g/mol. The van der Waals surface area contributed by atoms with Gasteiger partial charge in [0, 0.05) is 8.27 Å². The highest BCUT2D eigenvalue weighted by Gasteiger charge is 2.03. The summed E-state index contributed by atoms with van der Waals surface area (Å²) in [5.74, 6) is 0. The number of aryl methyl sites for hydroxylation is 1. The minimum atomic E-state index is 0.802. The van der Waals surface area contributed by atoms with Gasteiger partial charge in [-0.25, -0.2) is 0 Å². The first-order valence-electron chi connectivity index (χ1n) is 3.85. The maximum Gasteiger partial charge on any atom is 0.160 e. The van der Waals surface area contributed by atoms with Crippen LogP contribution in [0.25, 0.3) is 10.1 Å². The number of aldehydes is 1. The second kappa shape index (κ2) is 3.38. The lowest BCUT2D eigenvalue weighted by Gasteiger charge is -1.96. The zero-order chi connectivity index (χ0) is 9.42. The molecule has 0 aliphatic carbocycles. The van der Waals surface area contributed by atoms with Gasteiger partial charge in [0.1, 0.15) is 0 Å². The Labute approximate surface area is 93.9 Å². The first kappa shape index (κ1) is 9.15. The third-order valence-electron chi connectivity index (χ3n) is 1.93. The van der Waals surface area contributed by atoms with E-state index in [0.717, 1.165) is 11.2 Å². The van der Waals surface area contributed by atoms with Crippen LogP contribution in [0.15, 0.2) is 18.2 Å². The van der Waals surface area contributed by atoms with Crippen molar-refractivity contribution in [3.8, 4) is 0 Å². The molecule has 0 saturated carbocycles. The average Bonchev–Trinajstić information content (AvgIpc) is 2.48. The van der Waals surface area contributed by atoms with Gasteiger partial charge in [0.15, 0.2) is 6.29 Å². The molecule has 2 aromatic rings. The summed E-state index contributed by atoms with van der Waals surface area (Å²) in [5, 5.41) is 1.17. The van der Waals surface area contributed by atoms with Gasteiger partial charge in [0.2, 0.25) is 0 Å². The summed E-state index contributed by atoms with van der Waals surface area (Å²) < 4.78 is 2.44. The zero-order valence-electron chi connectivity index (χ0n) is 7.00. The van der Waals surface area contributed by atoms with Crippen LogP contribution in [-0.2, 0) is 0 Å². The van der Waals surface area contributed by atoms with Crippen molar-refractivity contribution in [3.63, 3.8) is 0 Å². The molecule has 0 aliphatic rings. The van der Waals surface area contributed by atoms with Crippen LogP contribution in [-0.4, -0.2) is 6.29 Å². The summed E-state index contributed by atoms with van der Waals surface area (Å²) in [7, 11) is 0. The Hall–Kier alpha value is -0.420. The molecule has 1 aromatic carbocycles. The van der Waals surface area contributed by atoms with Gasteiger partial charge in [-0.1, -0.05) is 0 Å². The molecule has 0 spiro atoms. The van der Waals surface area contributed by atoms with Crippen molar-refractivity contribution in [1.82, 2.24) is 0 Å². The molecule has 0 atom stereocenters. The number of carbonyl (C=O) groups excluding carboxylic acids is 1. The third-order valence-corrected chi connectivity index (χ3v) is 4.12. The van der Waals surface area contributed by atoms with E-state index in [1.165, 1.54) is 19.2 Å². The molecule has 1 heterocycles. The van der Waals surface area contributed by atoms with Crippen LogP contribution in [0.5, 0.6) is 0 Å². The highest BCUT2D eigenvalue weighted by molar-refractivity contribution is 14.1. The first-order chi connectivity index (χ1) is 6.20. The van der Waals surface area contributed by atoms with Crippen molar-refractivity contribution in [2.24, 2.45) is 0 Å². The van der Waals surface area contributed by atoms with E-state index >= 15 is 0 Å². The lowest BCUT2D eigenvalue weighted by molar-refractivity contribution is 0.112. The van der Waals surface area contributed by atoms with Crippen molar-refractivity contribution in [2.45, 2.75) is 6.92 Å². The van der Waals surface area contributed by atoms with E-state index in [2.05, 4.69) is 41.6 Å². The maximum atomic E-state index is 10.6. The van der Waals surface area contributed by atoms with Gasteiger partial charge < -0.3 is 0 Å². The van der Waals surface area contributed by atoms with Crippen molar-refractivity contribution < 1.29 is 4.79 Å². The molecule has 0 fully saturated rings. The Morgan fingerprint density at radius 1 is 1.38 bits per heavy atom. The number of fused-ring (bicyclic) bond motifs is 1. The van der Waals surface area contributed by atoms with Crippen LogP contribution in [0.2, 0.25) is 0 Å². The van der Waals surface area contributed by atoms with Crippen LogP contribution in [0.4, 0.5) is 0 Å². The summed E-state index contributed by atoms with van der Waals surface area (Å²) in [4.78, 5) is 11.4. The fraction of sp³-hybridized carbons (Fsp3) is 0.100. The van der Waals surface area contributed by atoms with Gasteiger partial charge >= 0.3 is 0 Å². The smallest absolute Gasteiger partial charge is 0.160 e. The summed E-state index contributed by atoms with van der Waals surface area (Å²) >= 11 is 3.86. The Kier molecular flexibility index (Phi) is 2.38. The van der Waals surface area contributed by atoms with Crippen LogP contribution in [0, 0.1) is 10.5 Å².